The fraction of sp³-hybridized carbons (Fsp3) is 0.286. The molecule has 0 amide bonds. The van der Waals surface area contributed by atoms with E-state index in [0.29, 0.717) is 0 Å². The van der Waals surface area contributed by atoms with Crippen molar-refractivity contribution in [1.29, 1.82) is 0 Å². The first-order valence-corrected chi connectivity index (χ1v) is 4.18. The van der Waals surface area contributed by atoms with Gasteiger partial charge in [-0.3, -0.25) is 4.57 Å². The summed E-state index contributed by atoms with van der Waals surface area (Å²) in [6.07, 6.45) is -3.18. The van der Waals surface area contributed by atoms with E-state index in [-0.39, 0.29) is 23.1 Å². The maximum Gasteiger partial charge on any atom is 0.406 e. The minimum Gasteiger partial charge on any atom is -0.369 e. The highest BCUT2D eigenvalue weighted by Gasteiger charge is 2.30. The predicted molar refractivity (Wildman–Crippen MR) is 50.2 cm³/mol. The molecule has 0 saturated heterocycles. The van der Waals surface area contributed by atoms with Crippen LogP contribution in [0, 0.1) is 0 Å². The van der Waals surface area contributed by atoms with Crippen LogP contribution in [-0.2, 0) is 6.54 Å². The van der Waals surface area contributed by atoms with Crippen LogP contribution in [0.2, 0.25) is 0 Å². The van der Waals surface area contributed by atoms with E-state index in [1.165, 1.54) is 6.20 Å². The number of hydrogen-bond acceptors (Lipinski definition) is 5. The van der Waals surface area contributed by atoms with Gasteiger partial charge >= 0.3 is 6.18 Å². The van der Waals surface area contributed by atoms with E-state index in [4.69, 9.17) is 11.5 Å². The number of hydrogen-bond donors (Lipinski definition) is 2. The Morgan fingerprint density at radius 2 is 1.94 bits per heavy atom. The molecule has 0 bridgehead atoms. The summed E-state index contributed by atoms with van der Waals surface area (Å²) in [6.45, 7) is -1.26. The molecule has 4 N–H and O–H groups in total. The molecular formula is C7H7F3N6. The largest absolute Gasteiger partial charge is 0.406 e. The molecule has 0 aliphatic carbocycles. The van der Waals surface area contributed by atoms with E-state index in [1.807, 2.05) is 0 Å². The molecule has 16 heavy (non-hydrogen) atoms. The lowest BCUT2D eigenvalue weighted by atomic mass is 10.5. The highest BCUT2D eigenvalue weighted by atomic mass is 19.4. The summed E-state index contributed by atoms with van der Waals surface area (Å²) in [5, 5.41) is 0. The van der Waals surface area contributed by atoms with Gasteiger partial charge in [0.1, 0.15) is 12.1 Å². The first kappa shape index (κ1) is 10.5. The monoisotopic (exact) mass is 232 g/mol. The smallest absolute Gasteiger partial charge is 0.369 e. The first-order chi connectivity index (χ1) is 7.37. The Balaban J connectivity index is 2.58. The molecule has 0 fully saturated rings. The molecule has 86 valence electrons. The number of anilines is 2. The predicted octanol–water partition coefficient (Wildman–Crippen LogP) is 0.553. The van der Waals surface area contributed by atoms with Crippen molar-refractivity contribution in [2.24, 2.45) is 0 Å². The maximum absolute atomic E-state index is 12.2. The highest BCUT2D eigenvalue weighted by Crippen LogP contribution is 2.23. The first-order valence-electron chi connectivity index (χ1n) is 4.18. The zero-order valence-corrected chi connectivity index (χ0v) is 7.86. The number of aromatic nitrogens is 4. The van der Waals surface area contributed by atoms with Crippen molar-refractivity contribution in [2.45, 2.75) is 12.7 Å². The second kappa shape index (κ2) is 3.22. The van der Waals surface area contributed by atoms with E-state index in [1.54, 1.807) is 0 Å². The molecule has 6 nitrogen and oxygen atoms in total. The van der Waals surface area contributed by atoms with Crippen molar-refractivity contribution in [2.75, 3.05) is 11.5 Å². The number of imidazole rings is 1. The second-order valence-corrected chi connectivity index (χ2v) is 3.11. The van der Waals surface area contributed by atoms with Crippen LogP contribution in [0.5, 0.6) is 0 Å². The van der Waals surface area contributed by atoms with Crippen LogP contribution in [0.15, 0.2) is 6.20 Å². The quantitative estimate of drug-likeness (QED) is 0.748. The Morgan fingerprint density at radius 1 is 1.25 bits per heavy atom. The summed E-state index contributed by atoms with van der Waals surface area (Å²) in [4.78, 5) is 11.0. The summed E-state index contributed by atoms with van der Waals surface area (Å²) in [5.41, 5.74) is 10.8. The van der Waals surface area contributed by atoms with Gasteiger partial charge < -0.3 is 11.5 Å². The van der Waals surface area contributed by atoms with Crippen molar-refractivity contribution in [3.8, 4) is 0 Å². The third kappa shape index (κ3) is 1.83. The van der Waals surface area contributed by atoms with Gasteiger partial charge in [0.05, 0.1) is 6.20 Å². The summed E-state index contributed by atoms with van der Waals surface area (Å²) >= 11 is 0. The zero-order chi connectivity index (χ0) is 11.9. The fourth-order valence-electron chi connectivity index (χ4n) is 1.28. The lowest BCUT2D eigenvalue weighted by Gasteiger charge is -2.08. The van der Waals surface area contributed by atoms with E-state index in [2.05, 4.69) is 15.0 Å². The number of nitrogens with two attached hydrogens (primary N) is 2. The summed E-state index contributed by atoms with van der Waals surface area (Å²) in [6, 6.07) is 0. The molecule has 0 aliphatic rings. The molecule has 0 aliphatic heterocycles. The number of rotatable bonds is 1. The second-order valence-electron chi connectivity index (χ2n) is 3.11. The van der Waals surface area contributed by atoms with Crippen LogP contribution in [0.3, 0.4) is 0 Å². The molecule has 0 unspecified atom stereocenters. The van der Waals surface area contributed by atoms with E-state index < -0.39 is 12.7 Å². The van der Waals surface area contributed by atoms with Gasteiger partial charge in [-0.25, -0.2) is 9.97 Å². The number of nitrogen functional groups attached to an aromatic ring is 2. The Morgan fingerprint density at radius 3 is 2.56 bits per heavy atom. The molecule has 2 aromatic rings. The molecule has 2 heterocycles. The van der Waals surface area contributed by atoms with Crippen molar-refractivity contribution >= 4 is 23.1 Å². The molecule has 0 radical (unpaired) electrons. The lowest BCUT2D eigenvalue weighted by Crippen LogP contribution is -2.19. The van der Waals surface area contributed by atoms with Crippen LogP contribution in [-0.4, -0.2) is 25.7 Å². The molecule has 0 spiro atoms. The van der Waals surface area contributed by atoms with Crippen molar-refractivity contribution < 1.29 is 13.2 Å². The Kier molecular flexibility index (Phi) is 2.10. The van der Waals surface area contributed by atoms with Gasteiger partial charge in [-0.05, 0) is 0 Å². The van der Waals surface area contributed by atoms with Crippen molar-refractivity contribution in [3.05, 3.63) is 6.20 Å². The van der Waals surface area contributed by atoms with Crippen LogP contribution in [0.25, 0.3) is 11.2 Å². The zero-order valence-electron chi connectivity index (χ0n) is 7.86. The molecule has 9 heteroatoms. The maximum atomic E-state index is 12.2. The van der Waals surface area contributed by atoms with Gasteiger partial charge in [0.25, 0.3) is 0 Å². The number of nitrogens with zero attached hydrogens (tertiary/aromatic N) is 4. The molecule has 2 aromatic heterocycles. The molecule has 0 saturated carbocycles. The molecule has 0 atom stereocenters. The Hall–Kier alpha value is -2.06. The SMILES string of the molecule is Nc1ncc2nc(N)n(CC(F)(F)F)c2n1. The summed E-state index contributed by atoms with van der Waals surface area (Å²) < 4.78 is 37.5. The molecule has 0 aromatic carbocycles. The van der Waals surface area contributed by atoms with E-state index >= 15 is 0 Å². The number of halogens is 3. The Labute approximate surface area is 87.1 Å². The average molecular weight is 232 g/mol. The van der Waals surface area contributed by atoms with E-state index in [9.17, 15) is 13.2 Å². The lowest BCUT2D eigenvalue weighted by molar-refractivity contribution is -0.139. The standard InChI is InChI=1S/C7H7F3N6/c8-7(9,10)2-16-4-3(14-6(16)12)1-13-5(11)15-4/h1H,2H2,(H2,12,14)(H2,11,13,15). The normalized spacial score (nSPS) is 12.2. The van der Waals surface area contributed by atoms with Gasteiger partial charge in [-0.1, -0.05) is 0 Å². The van der Waals surface area contributed by atoms with Crippen LogP contribution < -0.4 is 11.5 Å². The minimum absolute atomic E-state index is 0.0256. The third-order valence-corrected chi connectivity index (χ3v) is 1.87. The van der Waals surface area contributed by atoms with Crippen LogP contribution in [0.1, 0.15) is 0 Å². The topological polar surface area (TPSA) is 95.6 Å². The van der Waals surface area contributed by atoms with Gasteiger partial charge in [0.15, 0.2) is 5.65 Å². The van der Waals surface area contributed by atoms with Crippen LogP contribution >= 0.6 is 0 Å². The van der Waals surface area contributed by atoms with Crippen LogP contribution in [0.4, 0.5) is 25.1 Å². The minimum atomic E-state index is -4.40. The van der Waals surface area contributed by atoms with Gasteiger partial charge in [-0.15, -0.1) is 0 Å². The van der Waals surface area contributed by atoms with E-state index in [0.717, 1.165) is 4.57 Å². The molecular weight excluding hydrogens is 225 g/mol. The molecule has 2 rings (SSSR count). The fourth-order valence-corrected chi connectivity index (χ4v) is 1.28. The highest BCUT2D eigenvalue weighted by molar-refractivity contribution is 5.74. The van der Waals surface area contributed by atoms with Gasteiger partial charge in [-0.2, -0.15) is 18.2 Å². The number of fused-ring (bicyclic) bond motifs is 1. The Bertz CT molecular complexity index is 531. The summed E-state index contributed by atoms with van der Waals surface area (Å²) in [7, 11) is 0. The van der Waals surface area contributed by atoms with Crippen molar-refractivity contribution in [1.82, 2.24) is 19.5 Å². The van der Waals surface area contributed by atoms with Gasteiger partial charge in [0, 0.05) is 0 Å². The third-order valence-electron chi connectivity index (χ3n) is 1.87. The average Bonchev–Trinajstić information content (AvgIpc) is 2.42. The van der Waals surface area contributed by atoms with Gasteiger partial charge in [0.2, 0.25) is 11.9 Å². The number of alkyl halides is 3. The summed E-state index contributed by atoms with van der Waals surface area (Å²) in [5.74, 6) is -0.400. The van der Waals surface area contributed by atoms with Crippen molar-refractivity contribution in [3.63, 3.8) is 0 Å².